The van der Waals surface area contributed by atoms with E-state index in [4.69, 9.17) is 10.6 Å². The predicted octanol–water partition coefficient (Wildman–Crippen LogP) is -3.70. The van der Waals surface area contributed by atoms with Gasteiger partial charge in [0.05, 0.1) is 31.0 Å². The van der Waals surface area contributed by atoms with Crippen molar-refractivity contribution in [3.8, 4) is 17.3 Å². The third kappa shape index (κ3) is 7.27. The number of H-pyrrole nitrogens is 1. The molecule has 0 radical (unpaired) electrons. The highest BCUT2D eigenvalue weighted by atomic mass is 32.2. The zero-order valence-electron chi connectivity index (χ0n) is 25.4. The van der Waals surface area contributed by atoms with Crippen LogP contribution >= 0.6 is 11.3 Å². The molecule has 4 heterocycles. The van der Waals surface area contributed by atoms with Gasteiger partial charge >= 0.3 is 27.9 Å². The number of β-lactam (4-membered cyclic amide) rings is 1. The van der Waals surface area contributed by atoms with Crippen LogP contribution in [-0.4, -0.2) is 117 Å². The van der Waals surface area contributed by atoms with E-state index < -0.39 is 99.4 Å². The quantitative estimate of drug-likeness (QED) is 0.0505. The Kier molecular flexibility index (Phi) is 9.93. The van der Waals surface area contributed by atoms with Crippen LogP contribution in [0.3, 0.4) is 0 Å². The Balaban J connectivity index is 1.55. The fourth-order valence-corrected chi connectivity index (χ4v) is 5.50. The number of aromatic hydroxyl groups is 1. The second-order valence-corrected chi connectivity index (χ2v) is 13.1. The van der Waals surface area contributed by atoms with E-state index in [9.17, 15) is 57.6 Å². The number of hydrogen-bond acceptors (Lipinski definition) is 17. The van der Waals surface area contributed by atoms with Gasteiger partial charge in [-0.3, -0.25) is 23.9 Å². The van der Waals surface area contributed by atoms with Crippen LogP contribution in [-0.2, 0) is 36.0 Å². The Morgan fingerprint density at radius 2 is 1.94 bits per heavy atom. The topological polar surface area (TPSA) is 344 Å². The van der Waals surface area contributed by atoms with Crippen LogP contribution in [0, 0.1) is 0 Å². The van der Waals surface area contributed by atoms with E-state index in [1.54, 1.807) is 0 Å². The Morgan fingerprint density at radius 3 is 2.49 bits per heavy atom. The average molecular weight is 729 g/mol. The predicted molar refractivity (Wildman–Crippen MR) is 164 cm³/mol. The number of nitrogen functional groups attached to an aromatic ring is 1. The lowest BCUT2D eigenvalue weighted by Gasteiger charge is -2.43. The summed E-state index contributed by atoms with van der Waals surface area (Å²) in [5, 5.41) is 48.8. The minimum atomic E-state index is -5.24. The number of carbonyl (C=O) groups excluding carboxylic acids is 3. The maximum Gasteiger partial charge on any atom is 0.362 e. The number of amides is 4. The average Bonchev–Trinajstić information content (AvgIpc) is 3.59. The lowest BCUT2D eigenvalue weighted by atomic mass is 9.97. The van der Waals surface area contributed by atoms with Gasteiger partial charge in [0.15, 0.2) is 22.4 Å². The van der Waals surface area contributed by atoms with Crippen molar-refractivity contribution >= 4 is 56.2 Å². The number of carboxylic acid groups (broad SMARTS) is 1. The molecule has 0 aliphatic carbocycles. The van der Waals surface area contributed by atoms with Crippen LogP contribution in [0.2, 0.25) is 0 Å². The number of rotatable bonds is 12. The number of oxime groups is 1. The normalized spacial score (nSPS) is 17.3. The van der Waals surface area contributed by atoms with Crippen LogP contribution in [0.25, 0.3) is 11.5 Å². The van der Waals surface area contributed by atoms with E-state index in [-0.39, 0.29) is 20.6 Å². The molecule has 25 heteroatoms. The summed E-state index contributed by atoms with van der Waals surface area (Å²) >= 11 is 0.913. The zero-order valence-corrected chi connectivity index (χ0v) is 27.1. The number of aromatic nitrogens is 5. The first-order chi connectivity index (χ1) is 22.8. The minimum Gasteiger partial charge on any atom is -0.503 e. The van der Waals surface area contributed by atoms with Crippen LogP contribution in [0.1, 0.15) is 26.5 Å². The molecular weight excluding hydrogens is 700 g/mol. The maximum atomic E-state index is 13.1. The van der Waals surface area contributed by atoms with E-state index in [1.807, 2.05) is 0 Å². The Bertz CT molecular complexity index is 2080. The van der Waals surface area contributed by atoms with Gasteiger partial charge in [0.2, 0.25) is 11.0 Å². The standard InChI is InChI=1S/C24H28N10O13S2/c1-9-15(28-18(39)16(12-8-48-21(25)27-12)30-47-24(2,3)20(41)42)19(40)33(9)22(43)31-49(45,46)34-23(44)32(6-10(36)7-35)17(29-34)11-4-13(37)14(38)5-26-11/h4-5,8-10,15,35-36,38H,6-7H2,1-3H3,(H2,25,27)(H,26,37)(H,28,39)(H,31,43)(H,41,42)/b30-16-/t9-,10+,15-/m0/s1. The first-order valence-electron chi connectivity index (χ1n) is 13.6. The molecule has 0 unspecified atom stereocenters. The summed E-state index contributed by atoms with van der Waals surface area (Å²) in [5.74, 6) is -4.90. The fraction of sp³-hybridized carbons (Fsp3) is 0.375. The van der Waals surface area contributed by atoms with E-state index in [2.05, 4.69) is 25.5 Å². The molecule has 3 aromatic rings. The highest BCUT2D eigenvalue weighted by Gasteiger charge is 2.50. The molecule has 3 atom stereocenters. The number of aliphatic hydroxyl groups is 2. The van der Waals surface area contributed by atoms with Crippen molar-refractivity contribution in [1.29, 1.82) is 0 Å². The number of nitrogens with one attached hydrogen (secondary N) is 3. The van der Waals surface area contributed by atoms with Crippen molar-refractivity contribution in [3.63, 3.8) is 0 Å². The summed E-state index contributed by atoms with van der Waals surface area (Å²) in [6.07, 6.45) is -0.781. The molecule has 1 aliphatic rings. The number of likely N-dealkylation sites (tertiary alicyclic amines) is 1. The van der Waals surface area contributed by atoms with Gasteiger partial charge in [-0.1, -0.05) is 9.24 Å². The van der Waals surface area contributed by atoms with Crippen molar-refractivity contribution in [2.24, 2.45) is 5.16 Å². The summed E-state index contributed by atoms with van der Waals surface area (Å²) < 4.78 is 28.1. The Morgan fingerprint density at radius 1 is 1.27 bits per heavy atom. The number of anilines is 1. The summed E-state index contributed by atoms with van der Waals surface area (Å²) in [4.78, 5) is 87.2. The van der Waals surface area contributed by atoms with Crippen molar-refractivity contribution < 1.29 is 52.9 Å². The SMILES string of the molecule is C[C@H]1[C@H](NC(=O)/C(=N\OC(C)(C)C(=O)O)c2csc(N)n2)C(=O)N1C(=O)NS(=O)(=O)n1nc(-c2cc(=O)c(O)c[nH]2)n(C[C@@H](O)CO)c1=O. The largest absolute Gasteiger partial charge is 0.503 e. The molecule has 0 bridgehead atoms. The third-order valence-corrected chi connectivity index (χ3v) is 8.57. The Hall–Kier alpha value is -5.66. The smallest absolute Gasteiger partial charge is 0.362 e. The van der Waals surface area contributed by atoms with E-state index in [0.29, 0.717) is 9.47 Å². The number of nitrogens with two attached hydrogens (primary N) is 1. The number of aliphatic hydroxyl groups excluding tert-OH is 2. The number of nitrogens with zero attached hydrogens (tertiary/aromatic N) is 6. The number of aliphatic carboxylic acids is 1. The van der Waals surface area contributed by atoms with Crippen molar-refractivity contribution in [2.45, 2.75) is 51.1 Å². The molecule has 4 rings (SSSR count). The first kappa shape index (κ1) is 36.2. The molecule has 1 saturated heterocycles. The number of imide groups is 1. The van der Waals surface area contributed by atoms with Crippen molar-refractivity contribution in [1.82, 2.24) is 38.7 Å². The van der Waals surface area contributed by atoms with Crippen LogP contribution in [0.4, 0.5) is 9.93 Å². The molecule has 0 saturated carbocycles. The second kappa shape index (κ2) is 13.5. The number of aromatic amines is 1. The summed E-state index contributed by atoms with van der Waals surface area (Å²) in [5.41, 5.74) is 0.330. The number of hydrogen-bond donors (Lipinski definition) is 8. The maximum absolute atomic E-state index is 13.1. The highest BCUT2D eigenvalue weighted by molar-refractivity contribution is 7.88. The molecule has 0 spiro atoms. The molecule has 49 heavy (non-hydrogen) atoms. The Labute approximate surface area is 277 Å². The molecule has 264 valence electrons. The molecule has 1 fully saturated rings. The fourth-order valence-electron chi connectivity index (χ4n) is 4.06. The number of carboxylic acids is 1. The molecule has 3 aromatic heterocycles. The van der Waals surface area contributed by atoms with Gasteiger partial charge in [-0.15, -0.1) is 16.4 Å². The number of carbonyl (C=O) groups is 4. The summed E-state index contributed by atoms with van der Waals surface area (Å²) in [7, 11) is -5.24. The van der Waals surface area contributed by atoms with Gasteiger partial charge < -0.3 is 41.3 Å². The van der Waals surface area contributed by atoms with E-state index in [0.717, 1.165) is 37.4 Å². The van der Waals surface area contributed by atoms with Crippen molar-refractivity contribution in [3.05, 3.63) is 44.0 Å². The van der Waals surface area contributed by atoms with Gasteiger partial charge in [0.25, 0.3) is 11.8 Å². The minimum absolute atomic E-state index is 0.0159. The first-order valence-corrected chi connectivity index (χ1v) is 15.9. The van der Waals surface area contributed by atoms with Crippen LogP contribution < -0.4 is 26.9 Å². The van der Waals surface area contributed by atoms with Gasteiger partial charge in [-0.2, -0.15) is 8.42 Å². The number of urea groups is 1. The lowest BCUT2D eigenvalue weighted by Crippen LogP contribution is -2.73. The van der Waals surface area contributed by atoms with Crippen LogP contribution in [0.15, 0.2) is 32.4 Å². The molecule has 4 amide bonds. The van der Waals surface area contributed by atoms with E-state index >= 15 is 0 Å². The van der Waals surface area contributed by atoms with Gasteiger partial charge in [0.1, 0.15) is 11.7 Å². The van der Waals surface area contributed by atoms with E-state index in [1.165, 1.54) is 17.0 Å². The zero-order chi connectivity index (χ0) is 36.6. The lowest BCUT2D eigenvalue weighted by molar-refractivity contribution is -0.161. The molecule has 1 aliphatic heterocycles. The van der Waals surface area contributed by atoms with Gasteiger partial charge in [-0.05, 0) is 20.8 Å². The van der Waals surface area contributed by atoms with Crippen LogP contribution in [0.5, 0.6) is 5.75 Å². The van der Waals surface area contributed by atoms with Gasteiger partial charge in [-0.25, -0.2) is 24.1 Å². The summed E-state index contributed by atoms with van der Waals surface area (Å²) in [6, 6.07) is -3.43. The highest BCUT2D eigenvalue weighted by Crippen LogP contribution is 2.22. The van der Waals surface area contributed by atoms with Gasteiger partial charge in [0, 0.05) is 17.6 Å². The summed E-state index contributed by atoms with van der Waals surface area (Å²) in [6.45, 7) is 1.97. The molecule has 23 nitrogen and oxygen atoms in total. The second-order valence-electron chi connectivity index (χ2n) is 10.7. The van der Waals surface area contributed by atoms with Crippen molar-refractivity contribution in [2.75, 3.05) is 12.3 Å². The molecule has 9 N–H and O–H groups in total. The number of thiazole rings is 1. The molecular formula is C24H28N10O13S2. The molecule has 0 aromatic carbocycles. The monoisotopic (exact) mass is 728 g/mol. The number of pyridine rings is 1. The third-order valence-electron chi connectivity index (χ3n) is 6.78.